The lowest BCUT2D eigenvalue weighted by molar-refractivity contribution is 0.292. The summed E-state index contributed by atoms with van der Waals surface area (Å²) in [5.74, 6) is -0.734. The van der Waals surface area contributed by atoms with E-state index in [1.807, 2.05) is 6.07 Å². The van der Waals surface area contributed by atoms with E-state index in [2.05, 4.69) is 40.2 Å². The van der Waals surface area contributed by atoms with Gasteiger partial charge in [-0.2, -0.15) is 0 Å². The van der Waals surface area contributed by atoms with Crippen molar-refractivity contribution in [3.8, 4) is 11.5 Å². The molecule has 0 bridgehead atoms. The molecule has 7 heteroatoms. The van der Waals surface area contributed by atoms with E-state index in [4.69, 9.17) is 0 Å². The third-order valence-electron chi connectivity index (χ3n) is 5.64. The molecule has 3 N–H and O–H groups in total. The van der Waals surface area contributed by atoms with Gasteiger partial charge in [-0.05, 0) is 43.0 Å². The third-order valence-corrected chi connectivity index (χ3v) is 5.64. The molecule has 7 nitrogen and oxygen atoms in total. The number of hydrogen-bond acceptors (Lipinski definition) is 5. The highest BCUT2D eigenvalue weighted by Crippen LogP contribution is 2.28. The first-order chi connectivity index (χ1) is 14.5. The molecule has 4 rings (SSSR count). The molecule has 2 aromatic carbocycles. The van der Waals surface area contributed by atoms with Crippen molar-refractivity contribution >= 4 is 16.5 Å². The van der Waals surface area contributed by atoms with Crippen molar-refractivity contribution in [3.05, 3.63) is 74.9 Å². The minimum absolute atomic E-state index is 0.180. The lowest BCUT2D eigenvalue weighted by Gasteiger charge is -2.26. The molecule has 156 valence electrons. The maximum atomic E-state index is 12.3. The van der Waals surface area contributed by atoms with E-state index < -0.39 is 11.2 Å². The Bertz CT molecular complexity index is 1190. The number of aryl methyl sites for hydroxylation is 1. The van der Waals surface area contributed by atoms with E-state index >= 15 is 0 Å². The molecular formula is C23H25N3O4. The standard InChI is InChI=1S/C23H25N3O4/c27-20-14-18-19(15-21(20)28)26(23(30)24-22(18)29)11-5-4-10-25-12-8-17(9-13-25)16-6-2-1-3-7-16/h1-3,6-8,14-15,27-28H,4-5,9-13H2,(H,24,29,30). The maximum Gasteiger partial charge on any atom is 0.328 e. The molecule has 0 saturated carbocycles. The zero-order chi connectivity index (χ0) is 21.1. The largest absolute Gasteiger partial charge is 0.504 e. The highest BCUT2D eigenvalue weighted by molar-refractivity contribution is 5.81. The number of fused-ring (bicyclic) bond motifs is 1. The van der Waals surface area contributed by atoms with Crippen molar-refractivity contribution < 1.29 is 10.2 Å². The van der Waals surface area contributed by atoms with Crippen LogP contribution >= 0.6 is 0 Å². The summed E-state index contributed by atoms with van der Waals surface area (Å²) in [6.07, 6.45) is 4.98. The molecule has 1 aliphatic heterocycles. The van der Waals surface area contributed by atoms with E-state index in [1.54, 1.807) is 0 Å². The average Bonchev–Trinajstić information content (AvgIpc) is 2.75. The normalized spacial score (nSPS) is 14.7. The molecule has 0 aliphatic carbocycles. The molecule has 0 saturated heterocycles. The smallest absolute Gasteiger partial charge is 0.328 e. The van der Waals surface area contributed by atoms with E-state index in [9.17, 15) is 19.8 Å². The Hall–Kier alpha value is -3.32. The first-order valence-corrected chi connectivity index (χ1v) is 10.2. The zero-order valence-corrected chi connectivity index (χ0v) is 16.7. The van der Waals surface area contributed by atoms with E-state index in [0.717, 1.165) is 38.9 Å². The summed E-state index contributed by atoms with van der Waals surface area (Å²) in [5.41, 5.74) is 1.92. The number of phenolic OH excluding ortho intramolecular Hbond substituents is 2. The number of hydrogen-bond donors (Lipinski definition) is 3. The molecule has 1 aliphatic rings. The lowest BCUT2D eigenvalue weighted by Crippen LogP contribution is -2.31. The Morgan fingerprint density at radius 2 is 1.70 bits per heavy atom. The SMILES string of the molecule is O=c1[nH]c(=O)n(CCCCN2CC=C(c3ccccc3)CC2)c2cc(O)c(O)cc12. The highest BCUT2D eigenvalue weighted by Gasteiger charge is 2.14. The van der Waals surface area contributed by atoms with Crippen LogP contribution in [0.4, 0.5) is 0 Å². The van der Waals surface area contributed by atoms with Gasteiger partial charge in [-0.15, -0.1) is 0 Å². The van der Waals surface area contributed by atoms with E-state index in [1.165, 1.54) is 27.8 Å². The second-order valence-corrected chi connectivity index (χ2v) is 7.62. The highest BCUT2D eigenvalue weighted by atomic mass is 16.3. The fraction of sp³-hybridized carbons (Fsp3) is 0.304. The molecule has 30 heavy (non-hydrogen) atoms. The van der Waals surface area contributed by atoms with Crippen LogP contribution in [0.2, 0.25) is 0 Å². The number of aromatic nitrogens is 2. The Kier molecular flexibility index (Phi) is 5.72. The Balaban J connectivity index is 1.37. The van der Waals surface area contributed by atoms with Crippen LogP contribution in [0.3, 0.4) is 0 Å². The van der Waals surface area contributed by atoms with Gasteiger partial charge in [0, 0.05) is 25.7 Å². The minimum atomic E-state index is -0.573. The number of aromatic hydroxyl groups is 2. The van der Waals surface area contributed by atoms with Gasteiger partial charge in [-0.1, -0.05) is 36.4 Å². The second-order valence-electron chi connectivity index (χ2n) is 7.62. The number of nitrogens with zero attached hydrogens (tertiary/aromatic N) is 2. The number of nitrogens with one attached hydrogen (secondary N) is 1. The lowest BCUT2D eigenvalue weighted by atomic mass is 9.99. The van der Waals surface area contributed by atoms with Gasteiger partial charge in [0.25, 0.3) is 5.56 Å². The topological polar surface area (TPSA) is 98.6 Å². The van der Waals surface area contributed by atoms with Crippen LogP contribution in [0, 0.1) is 0 Å². The summed E-state index contributed by atoms with van der Waals surface area (Å²) in [7, 11) is 0. The van der Waals surface area contributed by atoms with Crippen molar-refractivity contribution in [3.63, 3.8) is 0 Å². The third kappa shape index (κ3) is 4.16. The average molecular weight is 407 g/mol. The maximum absolute atomic E-state index is 12.3. The summed E-state index contributed by atoms with van der Waals surface area (Å²) >= 11 is 0. The summed E-state index contributed by atoms with van der Waals surface area (Å²) < 4.78 is 1.44. The number of benzene rings is 2. The minimum Gasteiger partial charge on any atom is -0.504 e. The molecule has 0 atom stereocenters. The van der Waals surface area contributed by atoms with Crippen molar-refractivity contribution in [2.75, 3.05) is 19.6 Å². The van der Waals surface area contributed by atoms with Crippen LogP contribution < -0.4 is 11.2 Å². The van der Waals surface area contributed by atoms with Crippen LogP contribution in [-0.4, -0.2) is 44.3 Å². The van der Waals surface area contributed by atoms with Gasteiger partial charge in [-0.3, -0.25) is 19.2 Å². The van der Waals surface area contributed by atoms with Crippen molar-refractivity contribution in [1.29, 1.82) is 0 Å². The second kappa shape index (κ2) is 8.59. The van der Waals surface area contributed by atoms with E-state index in [-0.39, 0.29) is 16.9 Å². The predicted molar refractivity (Wildman–Crippen MR) is 117 cm³/mol. The van der Waals surface area contributed by atoms with E-state index in [0.29, 0.717) is 12.1 Å². The monoisotopic (exact) mass is 407 g/mol. The number of rotatable bonds is 6. The molecule has 0 fully saturated rings. The van der Waals surface area contributed by atoms with Crippen LogP contribution in [-0.2, 0) is 6.54 Å². The van der Waals surface area contributed by atoms with Crippen LogP contribution in [0.15, 0.2) is 58.1 Å². The van der Waals surface area contributed by atoms with Gasteiger partial charge in [0.05, 0.1) is 10.9 Å². The summed E-state index contributed by atoms with van der Waals surface area (Å²) in [6, 6.07) is 12.9. The summed E-state index contributed by atoms with van der Waals surface area (Å²) in [6.45, 7) is 3.28. The van der Waals surface area contributed by atoms with Crippen molar-refractivity contribution in [2.24, 2.45) is 0 Å². The first kappa shape index (κ1) is 20.0. The first-order valence-electron chi connectivity index (χ1n) is 10.2. The summed E-state index contributed by atoms with van der Waals surface area (Å²) in [5, 5.41) is 19.6. The fourth-order valence-electron chi connectivity index (χ4n) is 3.97. The van der Waals surface area contributed by atoms with Crippen LogP contribution in [0.25, 0.3) is 16.5 Å². The zero-order valence-electron chi connectivity index (χ0n) is 16.7. The van der Waals surface area contributed by atoms with Gasteiger partial charge in [0.1, 0.15) is 0 Å². The molecular weight excluding hydrogens is 382 g/mol. The van der Waals surface area contributed by atoms with Crippen molar-refractivity contribution in [1.82, 2.24) is 14.5 Å². The molecule has 3 aromatic rings. The van der Waals surface area contributed by atoms with Gasteiger partial charge in [0.2, 0.25) is 0 Å². The molecule has 0 unspecified atom stereocenters. The van der Waals surface area contributed by atoms with Gasteiger partial charge < -0.3 is 10.2 Å². The van der Waals surface area contributed by atoms with Gasteiger partial charge in [-0.25, -0.2) is 4.79 Å². The number of phenols is 2. The molecule has 0 amide bonds. The Morgan fingerprint density at radius 3 is 2.43 bits per heavy atom. The quantitative estimate of drug-likeness (QED) is 0.431. The van der Waals surface area contributed by atoms with Crippen molar-refractivity contribution in [2.45, 2.75) is 25.8 Å². The molecule has 0 radical (unpaired) electrons. The van der Waals surface area contributed by atoms with Gasteiger partial charge >= 0.3 is 5.69 Å². The fourth-order valence-corrected chi connectivity index (χ4v) is 3.97. The number of unbranched alkanes of at least 4 members (excludes halogenated alkanes) is 1. The number of aromatic amines is 1. The molecule has 0 spiro atoms. The summed E-state index contributed by atoms with van der Waals surface area (Å²) in [4.78, 5) is 28.9. The predicted octanol–water partition coefficient (Wildman–Crippen LogP) is 2.67. The number of H-pyrrole nitrogens is 1. The Morgan fingerprint density at radius 1 is 0.967 bits per heavy atom. The molecule has 1 aromatic heterocycles. The Labute approximate surface area is 173 Å². The van der Waals surface area contributed by atoms with Gasteiger partial charge in [0.15, 0.2) is 11.5 Å². The van der Waals surface area contributed by atoms with Crippen LogP contribution in [0.1, 0.15) is 24.8 Å². The molecule has 2 heterocycles. The van der Waals surface area contributed by atoms with Crippen LogP contribution in [0.5, 0.6) is 11.5 Å².